The van der Waals surface area contributed by atoms with E-state index < -0.39 is 0 Å². The molecule has 0 amide bonds. The quantitative estimate of drug-likeness (QED) is 0.412. The van der Waals surface area contributed by atoms with Gasteiger partial charge in [0, 0.05) is 29.7 Å². The maximum absolute atomic E-state index is 14.4. The van der Waals surface area contributed by atoms with Crippen molar-refractivity contribution in [2.24, 2.45) is 0 Å². The van der Waals surface area contributed by atoms with Gasteiger partial charge in [0.15, 0.2) is 5.65 Å². The van der Waals surface area contributed by atoms with Crippen LogP contribution in [0, 0.1) is 12.7 Å². The van der Waals surface area contributed by atoms with Gasteiger partial charge in [-0.2, -0.15) is 0 Å². The maximum Gasteiger partial charge on any atom is 0.260 e. The number of aromatic nitrogens is 4. The van der Waals surface area contributed by atoms with Crippen molar-refractivity contribution < 1.29 is 8.91 Å². The fourth-order valence-electron chi connectivity index (χ4n) is 4.35. The number of fused-ring (bicyclic) bond motifs is 2. The lowest BCUT2D eigenvalue weighted by atomic mass is 9.98. The van der Waals surface area contributed by atoms with Gasteiger partial charge in [0.25, 0.3) is 5.56 Å². The van der Waals surface area contributed by atoms with Crippen LogP contribution in [0.25, 0.3) is 38.8 Å². The van der Waals surface area contributed by atoms with E-state index in [4.69, 9.17) is 4.52 Å². The predicted octanol–water partition coefficient (Wildman–Crippen LogP) is 5.04. The topological polar surface area (TPSA) is 77.9 Å². The second-order valence-corrected chi connectivity index (χ2v) is 8.50. The third-order valence-corrected chi connectivity index (χ3v) is 6.21. The SMILES string of the molecule is CCn1c(=O)c(-c2c(C)ccc3c(NC4CC4)onc23)cc2cn(-c3ccccc3F)nc21. The van der Waals surface area contributed by atoms with Crippen molar-refractivity contribution in [2.75, 3.05) is 5.32 Å². The highest BCUT2D eigenvalue weighted by Gasteiger charge is 2.25. The molecule has 3 aromatic heterocycles. The molecule has 0 bridgehead atoms. The fraction of sp³-hybridized carbons (Fsp3) is 0.240. The number of hydrogen-bond donors (Lipinski definition) is 1. The second-order valence-electron chi connectivity index (χ2n) is 8.50. The van der Waals surface area contributed by atoms with Crippen LogP contribution in [-0.4, -0.2) is 25.5 Å². The monoisotopic (exact) mass is 443 g/mol. The summed E-state index contributed by atoms with van der Waals surface area (Å²) < 4.78 is 23.1. The van der Waals surface area contributed by atoms with Gasteiger partial charge in [-0.3, -0.25) is 9.36 Å². The Morgan fingerprint density at radius 3 is 2.79 bits per heavy atom. The summed E-state index contributed by atoms with van der Waals surface area (Å²) in [7, 11) is 0. The smallest absolute Gasteiger partial charge is 0.260 e. The highest BCUT2D eigenvalue weighted by molar-refractivity contribution is 6.01. The molecular formula is C25H22FN5O2. The van der Waals surface area contributed by atoms with E-state index in [9.17, 15) is 9.18 Å². The minimum atomic E-state index is -0.380. The van der Waals surface area contributed by atoms with Crippen LogP contribution in [0.1, 0.15) is 25.3 Å². The number of nitrogens with zero attached hydrogens (tertiary/aromatic N) is 4. The molecule has 33 heavy (non-hydrogen) atoms. The van der Waals surface area contributed by atoms with Gasteiger partial charge in [0.1, 0.15) is 17.0 Å². The highest BCUT2D eigenvalue weighted by Crippen LogP contribution is 2.36. The number of rotatable bonds is 5. The first-order valence-corrected chi connectivity index (χ1v) is 11.1. The van der Waals surface area contributed by atoms with Gasteiger partial charge in [0.2, 0.25) is 5.88 Å². The molecular weight excluding hydrogens is 421 g/mol. The van der Waals surface area contributed by atoms with Crippen LogP contribution in [-0.2, 0) is 6.54 Å². The lowest BCUT2D eigenvalue weighted by Crippen LogP contribution is -2.21. The number of aryl methyl sites for hydroxylation is 2. The van der Waals surface area contributed by atoms with Crippen molar-refractivity contribution in [3.63, 3.8) is 0 Å². The van der Waals surface area contributed by atoms with Crippen molar-refractivity contribution in [2.45, 2.75) is 39.3 Å². The van der Waals surface area contributed by atoms with E-state index in [-0.39, 0.29) is 11.4 Å². The number of halogens is 1. The van der Waals surface area contributed by atoms with E-state index in [0.717, 1.165) is 34.7 Å². The third kappa shape index (κ3) is 3.13. The Bertz CT molecular complexity index is 1590. The van der Waals surface area contributed by atoms with Crippen LogP contribution < -0.4 is 10.9 Å². The van der Waals surface area contributed by atoms with E-state index in [1.54, 1.807) is 29.0 Å². The summed E-state index contributed by atoms with van der Waals surface area (Å²) >= 11 is 0. The zero-order chi connectivity index (χ0) is 22.7. The molecule has 5 aromatic rings. The van der Waals surface area contributed by atoms with Gasteiger partial charge in [-0.05, 0) is 56.5 Å². The minimum Gasteiger partial charge on any atom is -0.351 e. The van der Waals surface area contributed by atoms with Crippen LogP contribution in [0.2, 0.25) is 0 Å². The zero-order valence-corrected chi connectivity index (χ0v) is 18.3. The van der Waals surface area contributed by atoms with Gasteiger partial charge in [-0.15, -0.1) is 5.10 Å². The van der Waals surface area contributed by atoms with Crippen molar-refractivity contribution >= 4 is 27.8 Å². The second kappa shape index (κ2) is 7.30. The molecule has 0 atom stereocenters. The molecule has 166 valence electrons. The van der Waals surface area contributed by atoms with E-state index >= 15 is 0 Å². The number of para-hydroxylation sites is 1. The normalized spacial score (nSPS) is 13.8. The van der Waals surface area contributed by atoms with Gasteiger partial charge in [0.05, 0.1) is 10.9 Å². The molecule has 1 aliphatic rings. The number of pyridine rings is 1. The molecule has 0 saturated heterocycles. The molecule has 0 spiro atoms. The van der Waals surface area contributed by atoms with Crippen molar-refractivity contribution in [1.82, 2.24) is 19.5 Å². The summed E-state index contributed by atoms with van der Waals surface area (Å²) in [6.45, 7) is 4.29. The third-order valence-electron chi connectivity index (χ3n) is 6.21. The fourth-order valence-corrected chi connectivity index (χ4v) is 4.35. The number of benzene rings is 2. The molecule has 6 rings (SSSR count). The molecule has 7 nitrogen and oxygen atoms in total. The first-order valence-electron chi connectivity index (χ1n) is 11.1. The van der Waals surface area contributed by atoms with Gasteiger partial charge < -0.3 is 9.84 Å². The molecule has 1 N–H and O–H groups in total. The summed E-state index contributed by atoms with van der Waals surface area (Å²) in [5.74, 6) is 0.257. The summed E-state index contributed by atoms with van der Waals surface area (Å²) in [6, 6.07) is 12.6. The lowest BCUT2D eigenvalue weighted by molar-refractivity contribution is 0.440. The Morgan fingerprint density at radius 1 is 1.21 bits per heavy atom. The Morgan fingerprint density at radius 2 is 2.03 bits per heavy atom. The molecule has 1 aliphatic carbocycles. The molecule has 8 heteroatoms. The Kier molecular flexibility index (Phi) is 4.36. The molecule has 0 unspecified atom stereocenters. The summed E-state index contributed by atoms with van der Waals surface area (Å²) in [6.07, 6.45) is 3.98. The predicted molar refractivity (Wildman–Crippen MR) is 125 cm³/mol. The van der Waals surface area contributed by atoms with Crippen LogP contribution in [0.15, 0.2) is 58.0 Å². The lowest BCUT2D eigenvalue weighted by Gasteiger charge is -2.10. The zero-order valence-electron chi connectivity index (χ0n) is 18.3. The summed E-state index contributed by atoms with van der Waals surface area (Å²) in [5.41, 5.74) is 3.51. The first-order chi connectivity index (χ1) is 16.0. The van der Waals surface area contributed by atoms with E-state index in [1.807, 2.05) is 32.0 Å². The van der Waals surface area contributed by atoms with E-state index in [2.05, 4.69) is 15.6 Å². The average Bonchev–Trinajstić information content (AvgIpc) is 3.39. The Hall–Kier alpha value is -3.94. The maximum atomic E-state index is 14.4. The molecule has 0 radical (unpaired) electrons. The number of nitrogens with one attached hydrogen (secondary N) is 1. The standard InChI is InChI=1S/C25H22FN5O2/c1-3-30-23-15(13-31(28-23)20-7-5-4-6-19(20)26)12-18(25(30)32)21-14(2)8-11-17-22(21)29-33-24(17)27-16-9-10-16/h4-8,11-13,16,27H,3,9-10H2,1-2H3. The number of anilines is 1. The minimum absolute atomic E-state index is 0.168. The van der Waals surface area contributed by atoms with Gasteiger partial charge >= 0.3 is 0 Å². The largest absolute Gasteiger partial charge is 0.351 e. The summed E-state index contributed by atoms with van der Waals surface area (Å²) in [5, 5.41) is 13.8. The van der Waals surface area contributed by atoms with Crippen molar-refractivity contribution in [3.8, 4) is 16.8 Å². The van der Waals surface area contributed by atoms with Gasteiger partial charge in [-0.25, -0.2) is 9.07 Å². The van der Waals surface area contributed by atoms with E-state index in [0.29, 0.717) is 40.9 Å². The molecule has 1 saturated carbocycles. The van der Waals surface area contributed by atoms with Crippen LogP contribution in [0.4, 0.5) is 10.3 Å². The summed E-state index contributed by atoms with van der Waals surface area (Å²) in [4.78, 5) is 13.6. The van der Waals surface area contributed by atoms with Crippen LogP contribution in [0.3, 0.4) is 0 Å². The highest BCUT2D eigenvalue weighted by atomic mass is 19.1. The van der Waals surface area contributed by atoms with Crippen LogP contribution >= 0.6 is 0 Å². The molecule has 0 aliphatic heterocycles. The van der Waals surface area contributed by atoms with E-state index in [1.165, 1.54) is 10.7 Å². The number of hydrogen-bond acceptors (Lipinski definition) is 5. The Balaban J connectivity index is 1.59. The first kappa shape index (κ1) is 19.7. The molecule has 2 aromatic carbocycles. The van der Waals surface area contributed by atoms with Crippen molar-refractivity contribution in [1.29, 1.82) is 0 Å². The molecule has 1 fully saturated rings. The Labute approximate surface area is 188 Å². The average molecular weight is 443 g/mol. The van der Waals surface area contributed by atoms with Crippen molar-refractivity contribution in [3.05, 3.63) is 70.4 Å². The van der Waals surface area contributed by atoms with Crippen LogP contribution in [0.5, 0.6) is 0 Å². The van der Waals surface area contributed by atoms with Gasteiger partial charge in [-0.1, -0.05) is 23.4 Å². The molecule has 3 heterocycles.